The fourth-order valence-electron chi connectivity index (χ4n) is 2.40. The molecule has 0 unspecified atom stereocenters. The largest absolute Gasteiger partial charge is 0.466 e. The molecule has 6 heteroatoms. The van der Waals surface area contributed by atoms with Crippen molar-refractivity contribution in [1.29, 1.82) is 0 Å². The maximum atomic E-state index is 12.3. The molecule has 1 aromatic carbocycles. The first-order valence-corrected chi connectivity index (χ1v) is 6.73. The summed E-state index contributed by atoms with van der Waals surface area (Å²) in [5.74, 6) is 0.146. The zero-order chi connectivity index (χ0) is 15.0. The van der Waals surface area contributed by atoms with Crippen molar-refractivity contribution in [1.82, 2.24) is 14.0 Å². The van der Waals surface area contributed by atoms with E-state index < -0.39 is 5.97 Å². The molecular formula is C15H15N3O3. The summed E-state index contributed by atoms with van der Waals surface area (Å²) in [6, 6.07) is 7.62. The number of carbonyl (C=O) groups excluding carboxylic acids is 1. The van der Waals surface area contributed by atoms with Gasteiger partial charge in [-0.15, -0.1) is 0 Å². The second kappa shape index (κ2) is 5.05. The highest BCUT2D eigenvalue weighted by atomic mass is 16.5. The Kier molecular flexibility index (Phi) is 3.21. The number of hydrogen-bond donors (Lipinski definition) is 0. The summed E-state index contributed by atoms with van der Waals surface area (Å²) in [5, 5.41) is 0. The van der Waals surface area contributed by atoms with Gasteiger partial charge in [-0.05, 0) is 19.1 Å². The van der Waals surface area contributed by atoms with E-state index in [1.807, 2.05) is 28.7 Å². The van der Waals surface area contributed by atoms with E-state index in [4.69, 9.17) is 4.74 Å². The molecule has 3 rings (SSSR count). The zero-order valence-electron chi connectivity index (χ0n) is 11.9. The van der Waals surface area contributed by atoms with Gasteiger partial charge in [-0.1, -0.05) is 12.1 Å². The van der Waals surface area contributed by atoms with Crippen LogP contribution in [-0.2, 0) is 23.0 Å². The topological polar surface area (TPSA) is 65.6 Å². The second-order valence-corrected chi connectivity index (χ2v) is 4.77. The molecule has 2 heterocycles. The van der Waals surface area contributed by atoms with Crippen molar-refractivity contribution < 1.29 is 9.53 Å². The Bertz CT molecular complexity index is 892. The molecule has 0 N–H and O–H groups in total. The number of aromatic nitrogens is 3. The lowest BCUT2D eigenvalue weighted by Gasteiger charge is -2.06. The Balaban J connectivity index is 2.22. The van der Waals surface area contributed by atoms with E-state index in [1.54, 1.807) is 20.2 Å². The molecular weight excluding hydrogens is 270 g/mol. The van der Waals surface area contributed by atoms with Gasteiger partial charge in [0.25, 0.3) is 5.56 Å². The van der Waals surface area contributed by atoms with Crippen molar-refractivity contribution in [2.45, 2.75) is 13.3 Å². The van der Waals surface area contributed by atoms with E-state index >= 15 is 0 Å². The first kappa shape index (κ1) is 13.4. The van der Waals surface area contributed by atoms with Crippen LogP contribution in [0.15, 0.2) is 35.3 Å². The van der Waals surface area contributed by atoms with Crippen LogP contribution in [-0.4, -0.2) is 26.5 Å². The van der Waals surface area contributed by atoms with E-state index in [1.165, 1.54) is 4.57 Å². The highest BCUT2D eigenvalue weighted by Gasteiger charge is 2.14. The average molecular weight is 285 g/mol. The van der Waals surface area contributed by atoms with Crippen LogP contribution in [0, 0.1) is 0 Å². The molecule has 0 fully saturated rings. The van der Waals surface area contributed by atoms with Crippen molar-refractivity contribution in [3.05, 3.63) is 46.4 Å². The molecule has 2 aromatic heterocycles. The lowest BCUT2D eigenvalue weighted by molar-refractivity contribution is -0.142. The number of aryl methyl sites for hydroxylation is 1. The average Bonchev–Trinajstić information content (AvgIpc) is 2.84. The van der Waals surface area contributed by atoms with Crippen molar-refractivity contribution in [3.63, 3.8) is 0 Å². The number of imidazole rings is 1. The van der Waals surface area contributed by atoms with Crippen molar-refractivity contribution in [3.8, 4) is 0 Å². The summed E-state index contributed by atoms with van der Waals surface area (Å²) in [7, 11) is 1.65. The quantitative estimate of drug-likeness (QED) is 0.680. The van der Waals surface area contributed by atoms with E-state index in [0.717, 1.165) is 11.0 Å². The van der Waals surface area contributed by atoms with Gasteiger partial charge in [0.15, 0.2) is 0 Å². The molecule has 0 spiro atoms. The summed E-state index contributed by atoms with van der Waals surface area (Å²) in [4.78, 5) is 28.4. The van der Waals surface area contributed by atoms with Crippen LogP contribution < -0.4 is 5.56 Å². The van der Waals surface area contributed by atoms with Gasteiger partial charge in [-0.25, -0.2) is 4.98 Å². The Morgan fingerprint density at radius 3 is 2.86 bits per heavy atom. The second-order valence-electron chi connectivity index (χ2n) is 4.77. The van der Waals surface area contributed by atoms with Crippen LogP contribution in [0.2, 0.25) is 0 Å². The first-order chi connectivity index (χ1) is 10.1. The third-order valence-electron chi connectivity index (χ3n) is 3.38. The van der Waals surface area contributed by atoms with Gasteiger partial charge in [0.2, 0.25) is 5.78 Å². The van der Waals surface area contributed by atoms with Crippen LogP contribution >= 0.6 is 0 Å². The monoisotopic (exact) mass is 285 g/mol. The van der Waals surface area contributed by atoms with Crippen LogP contribution in [0.1, 0.15) is 12.5 Å². The van der Waals surface area contributed by atoms with Gasteiger partial charge in [0.05, 0.1) is 24.1 Å². The number of nitrogens with zero attached hydrogens (tertiary/aromatic N) is 3. The van der Waals surface area contributed by atoms with Crippen molar-refractivity contribution in [2.24, 2.45) is 7.05 Å². The number of hydrogen-bond acceptors (Lipinski definition) is 4. The normalized spacial score (nSPS) is 11.1. The Labute approximate surface area is 120 Å². The number of rotatable bonds is 3. The van der Waals surface area contributed by atoms with E-state index in [9.17, 15) is 9.59 Å². The summed E-state index contributed by atoms with van der Waals surface area (Å²) in [6.07, 6.45) is 1.63. The lowest BCUT2D eigenvalue weighted by Crippen LogP contribution is -2.25. The number of benzene rings is 1. The SMILES string of the molecule is CCOC(=O)Cc1cn2c3ccccc3nc2n(C)c1=O. The van der Waals surface area contributed by atoms with Gasteiger partial charge in [0, 0.05) is 18.8 Å². The molecule has 108 valence electrons. The summed E-state index contributed by atoms with van der Waals surface area (Å²) in [6.45, 7) is 2.04. The first-order valence-electron chi connectivity index (χ1n) is 6.73. The molecule has 0 saturated heterocycles. The molecule has 0 amide bonds. The standard InChI is InChI=1S/C15H15N3O3/c1-3-21-13(19)8-10-9-18-12-7-5-4-6-11(12)16-15(18)17(2)14(10)20/h4-7,9H,3,8H2,1-2H3. The van der Waals surface area contributed by atoms with Crippen molar-refractivity contribution in [2.75, 3.05) is 6.61 Å². The molecule has 0 atom stereocenters. The molecule has 0 aliphatic heterocycles. The lowest BCUT2D eigenvalue weighted by atomic mass is 10.2. The number of para-hydroxylation sites is 2. The molecule has 0 radical (unpaired) electrons. The van der Waals surface area contributed by atoms with Gasteiger partial charge < -0.3 is 4.74 Å². The molecule has 3 aromatic rings. The fraction of sp³-hybridized carbons (Fsp3) is 0.267. The third kappa shape index (κ3) is 2.18. The minimum atomic E-state index is -0.404. The summed E-state index contributed by atoms with van der Waals surface area (Å²) in [5.41, 5.74) is 1.87. The van der Waals surface area contributed by atoms with Gasteiger partial charge >= 0.3 is 5.97 Å². The molecule has 6 nitrogen and oxygen atoms in total. The highest BCUT2D eigenvalue weighted by Crippen LogP contribution is 2.15. The predicted octanol–water partition coefficient (Wildman–Crippen LogP) is 1.29. The molecule has 0 bridgehead atoms. The van der Waals surface area contributed by atoms with Gasteiger partial charge in [-0.2, -0.15) is 0 Å². The van der Waals surface area contributed by atoms with Crippen LogP contribution in [0.5, 0.6) is 0 Å². The number of carbonyl (C=O) groups is 1. The molecule has 21 heavy (non-hydrogen) atoms. The third-order valence-corrected chi connectivity index (χ3v) is 3.38. The number of fused-ring (bicyclic) bond motifs is 3. The van der Waals surface area contributed by atoms with E-state index in [2.05, 4.69) is 4.98 Å². The van der Waals surface area contributed by atoms with Crippen LogP contribution in [0.3, 0.4) is 0 Å². The van der Waals surface area contributed by atoms with Gasteiger partial charge in [-0.3, -0.25) is 18.6 Å². The number of ether oxygens (including phenoxy) is 1. The molecule has 0 aliphatic rings. The van der Waals surface area contributed by atoms with Crippen LogP contribution in [0.4, 0.5) is 0 Å². The van der Waals surface area contributed by atoms with Gasteiger partial charge in [0.1, 0.15) is 0 Å². The molecule has 0 saturated carbocycles. The fourth-order valence-corrected chi connectivity index (χ4v) is 2.40. The smallest absolute Gasteiger partial charge is 0.310 e. The zero-order valence-corrected chi connectivity index (χ0v) is 11.9. The highest BCUT2D eigenvalue weighted by molar-refractivity contribution is 5.79. The Hall–Kier alpha value is -2.63. The maximum Gasteiger partial charge on any atom is 0.310 e. The maximum absolute atomic E-state index is 12.3. The predicted molar refractivity (Wildman–Crippen MR) is 78.3 cm³/mol. The minimum Gasteiger partial charge on any atom is -0.466 e. The summed E-state index contributed by atoms with van der Waals surface area (Å²) < 4.78 is 8.19. The molecule has 0 aliphatic carbocycles. The summed E-state index contributed by atoms with van der Waals surface area (Å²) >= 11 is 0. The Morgan fingerprint density at radius 2 is 2.10 bits per heavy atom. The van der Waals surface area contributed by atoms with E-state index in [0.29, 0.717) is 17.9 Å². The van der Waals surface area contributed by atoms with Crippen molar-refractivity contribution >= 4 is 22.8 Å². The van der Waals surface area contributed by atoms with Crippen LogP contribution in [0.25, 0.3) is 16.8 Å². The Morgan fingerprint density at radius 1 is 1.33 bits per heavy atom. The van der Waals surface area contributed by atoms with E-state index in [-0.39, 0.29) is 12.0 Å². The minimum absolute atomic E-state index is 0.0387. The number of esters is 1.